The van der Waals surface area contributed by atoms with Crippen molar-refractivity contribution in [3.8, 4) is 0 Å². The summed E-state index contributed by atoms with van der Waals surface area (Å²) >= 11 is 0. The zero-order valence-corrected chi connectivity index (χ0v) is 13.4. The number of nitrogens with zero attached hydrogens (tertiary/aromatic N) is 1. The van der Waals surface area contributed by atoms with E-state index < -0.39 is 11.7 Å². The molecule has 3 unspecified atom stereocenters. The molecule has 3 rings (SSSR count). The number of rotatable bonds is 2. The Morgan fingerprint density at radius 3 is 2.45 bits per heavy atom. The molecule has 1 aliphatic carbocycles. The average Bonchev–Trinajstić information content (AvgIpc) is 2.54. The van der Waals surface area contributed by atoms with Gasteiger partial charge < -0.3 is 14.7 Å². The van der Waals surface area contributed by atoms with Crippen LogP contribution in [0.3, 0.4) is 0 Å². The maximum absolute atomic E-state index is 12.7. The molecule has 1 amide bonds. The molecule has 1 saturated carbocycles. The number of hydrogen-bond donors (Lipinski definition) is 1. The Hall–Kier alpha value is -1.39. The van der Waals surface area contributed by atoms with Crippen molar-refractivity contribution in [3.63, 3.8) is 0 Å². The monoisotopic (exact) mass is 303 g/mol. The predicted octanol–water partition coefficient (Wildman–Crippen LogP) is 2.67. The number of carbonyl (C=O) groups is 1. The first kappa shape index (κ1) is 15.5. The minimum Gasteiger partial charge on any atom is -0.387 e. The summed E-state index contributed by atoms with van der Waals surface area (Å²) in [6.45, 7) is 2.00. The van der Waals surface area contributed by atoms with Crippen LogP contribution in [-0.2, 0) is 9.53 Å². The maximum atomic E-state index is 12.7. The quantitative estimate of drug-likeness (QED) is 0.914. The summed E-state index contributed by atoms with van der Waals surface area (Å²) in [4.78, 5) is 14.4. The molecule has 120 valence electrons. The summed E-state index contributed by atoms with van der Waals surface area (Å²) in [5, 5.41) is 11.0. The van der Waals surface area contributed by atoms with Gasteiger partial charge in [0.05, 0.1) is 11.6 Å². The summed E-state index contributed by atoms with van der Waals surface area (Å²) in [5.41, 5.74) is 0.0373. The van der Waals surface area contributed by atoms with Crippen LogP contribution in [0.25, 0.3) is 0 Å². The SMILES string of the molecule is CC1C(c2ccccc2)OC(C2(O)CCCCC2)C(=O)N1C. The lowest BCUT2D eigenvalue weighted by atomic mass is 9.79. The van der Waals surface area contributed by atoms with Gasteiger partial charge in [-0.05, 0) is 25.3 Å². The van der Waals surface area contributed by atoms with Gasteiger partial charge >= 0.3 is 0 Å². The highest BCUT2D eigenvalue weighted by Crippen LogP contribution is 2.39. The molecule has 4 heteroatoms. The van der Waals surface area contributed by atoms with Crippen LogP contribution in [-0.4, -0.2) is 40.7 Å². The molecular formula is C18H25NO3. The van der Waals surface area contributed by atoms with E-state index in [-0.39, 0.29) is 18.1 Å². The average molecular weight is 303 g/mol. The molecule has 2 aliphatic rings. The standard InChI is InChI=1S/C18H25NO3/c1-13-15(14-9-5-3-6-10-14)22-16(17(20)19(13)2)18(21)11-7-4-8-12-18/h3,5-6,9-10,13,15-16,21H,4,7-8,11-12H2,1-2H3. The van der Waals surface area contributed by atoms with E-state index >= 15 is 0 Å². The summed E-state index contributed by atoms with van der Waals surface area (Å²) in [6.07, 6.45) is 3.38. The van der Waals surface area contributed by atoms with Crippen molar-refractivity contribution < 1.29 is 14.6 Å². The number of morpholine rings is 1. The first-order valence-electron chi connectivity index (χ1n) is 8.22. The molecule has 1 N–H and O–H groups in total. The Morgan fingerprint density at radius 2 is 1.82 bits per heavy atom. The Balaban J connectivity index is 1.89. The topological polar surface area (TPSA) is 49.8 Å². The van der Waals surface area contributed by atoms with Crippen LogP contribution in [0.4, 0.5) is 0 Å². The van der Waals surface area contributed by atoms with Crippen molar-refractivity contribution in [1.29, 1.82) is 0 Å². The number of ether oxygens (including phenoxy) is 1. The van der Waals surface area contributed by atoms with Gasteiger partial charge in [-0.3, -0.25) is 4.79 Å². The fraction of sp³-hybridized carbons (Fsp3) is 0.611. The first-order chi connectivity index (χ1) is 10.5. The second-order valence-corrected chi connectivity index (χ2v) is 6.70. The molecule has 4 nitrogen and oxygen atoms in total. The fourth-order valence-electron chi connectivity index (χ4n) is 3.69. The summed E-state index contributed by atoms with van der Waals surface area (Å²) in [5.74, 6) is -0.0934. The highest BCUT2D eigenvalue weighted by Gasteiger charge is 2.50. The largest absolute Gasteiger partial charge is 0.387 e. The second-order valence-electron chi connectivity index (χ2n) is 6.70. The lowest BCUT2D eigenvalue weighted by Gasteiger charge is -2.47. The first-order valence-corrected chi connectivity index (χ1v) is 8.22. The van der Waals surface area contributed by atoms with Crippen molar-refractivity contribution in [3.05, 3.63) is 35.9 Å². The van der Waals surface area contributed by atoms with Crippen molar-refractivity contribution in [2.24, 2.45) is 0 Å². The molecule has 1 aromatic rings. The Bertz CT molecular complexity index is 524. The van der Waals surface area contributed by atoms with E-state index in [9.17, 15) is 9.90 Å². The van der Waals surface area contributed by atoms with Gasteiger partial charge in [-0.25, -0.2) is 0 Å². The molecule has 0 bridgehead atoms. The minimum atomic E-state index is -1.02. The molecule has 1 aromatic carbocycles. The molecule has 1 saturated heterocycles. The number of benzene rings is 1. The summed E-state index contributed by atoms with van der Waals surface area (Å²) in [7, 11) is 1.81. The van der Waals surface area contributed by atoms with Crippen LogP contribution in [0, 0.1) is 0 Å². The Labute approximate surface area is 132 Å². The lowest BCUT2D eigenvalue weighted by Crippen LogP contribution is -2.61. The maximum Gasteiger partial charge on any atom is 0.254 e. The third kappa shape index (κ3) is 2.66. The van der Waals surface area contributed by atoms with E-state index in [0.29, 0.717) is 12.8 Å². The lowest BCUT2D eigenvalue weighted by molar-refractivity contribution is -0.205. The number of hydrogen-bond acceptors (Lipinski definition) is 3. The smallest absolute Gasteiger partial charge is 0.254 e. The highest BCUT2D eigenvalue weighted by atomic mass is 16.5. The predicted molar refractivity (Wildman–Crippen MR) is 84.3 cm³/mol. The van der Waals surface area contributed by atoms with Gasteiger partial charge in [0.15, 0.2) is 6.10 Å². The third-order valence-electron chi connectivity index (χ3n) is 5.24. The number of aliphatic hydroxyl groups is 1. The molecule has 22 heavy (non-hydrogen) atoms. The zero-order chi connectivity index (χ0) is 15.7. The molecule has 3 atom stereocenters. The van der Waals surface area contributed by atoms with Gasteiger partial charge in [0.25, 0.3) is 5.91 Å². The van der Waals surface area contributed by atoms with E-state index in [2.05, 4.69) is 0 Å². The van der Waals surface area contributed by atoms with Crippen LogP contribution < -0.4 is 0 Å². The van der Waals surface area contributed by atoms with Crippen LogP contribution in [0.2, 0.25) is 0 Å². The van der Waals surface area contributed by atoms with Crippen molar-refractivity contribution in [1.82, 2.24) is 4.90 Å². The number of amides is 1. The van der Waals surface area contributed by atoms with E-state index in [1.165, 1.54) is 0 Å². The molecule has 1 heterocycles. The van der Waals surface area contributed by atoms with Gasteiger partial charge in [-0.2, -0.15) is 0 Å². The van der Waals surface area contributed by atoms with Crippen molar-refractivity contribution in [2.45, 2.75) is 62.9 Å². The van der Waals surface area contributed by atoms with E-state index in [0.717, 1.165) is 24.8 Å². The number of carbonyl (C=O) groups excluding carboxylic acids is 1. The Morgan fingerprint density at radius 1 is 1.18 bits per heavy atom. The highest BCUT2D eigenvalue weighted by molar-refractivity contribution is 5.83. The van der Waals surface area contributed by atoms with Crippen LogP contribution in [0.15, 0.2) is 30.3 Å². The third-order valence-corrected chi connectivity index (χ3v) is 5.24. The van der Waals surface area contributed by atoms with E-state index in [1.807, 2.05) is 44.3 Å². The van der Waals surface area contributed by atoms with Crippen LogP contribution in [0.1, 0.15) is 50.7 Å². The zero-order valence-electron chi connectivity index (χ0n) is 13.4. The molecule has 1 aliphatic heterocycles. The van der Waals surface area contributed by atoms with Crippen molar-refractivity contribution in [2.75, 3.05) is 7.05 Å². The van der Waals surface area contributed by atoms with Crippen LogP contribution in [0.5, 0.6) is 0 Å². The second kappa shape index (κ2) is 6.01. The molecule has 0 spiro atoms. The molecule has 0 aromatic heterocycles. The van der Waals surface area contributed by atoms with Gasteiger partial charge in [0.2, 0.25) is 0 Å². The molecule has 2 fully saturated rings. The minimum absolute atomic E-state index is 0.0432. The van der Waals surface area contributed by atoms with Gasteiger partial charge in [0.1, 0.15) is 6.10 Å². The van der Waals surface area contributed by atoms with Gasteiger partial charge in [-0.1, -0.05) is 49.6 Å². The van der Waals surface area contributed by atoms with Crippen molar-refractivity contribution >= 4 is 5.91 Å². The molecular weight excluding hydrogens is 278 g/mol. The summed E-state index contributed by atoms with van der Waals surface area (Å²) < 4.78 is 6.17. The summed E-state index contributed by atoms with van der Waals surface area (Å²) in [6, 6.07) is 9.92. The van der Waals surface area contributed by atoms with Gasteiger partial charge in [-0.15, -0.1) is 0 Å². The van der Waals surface area contributed by atoms with E-state index in [4.69, 9.17) is 4.74 Å². The van der Waals surface area contributed by atoms with Crippen LogP contribution >= 0.6 is 0 Å². The fourth-order valence-corrected chi connectivity index (χ4v) is 3.69. The number of likely N-dealkylation sites (N-methyl/N-ethyl adjacent to an activating group) is 1. The van der Waals surface area contributed by atoms with E-state index in [1.54, 1.807) is 4.90 Å². The van der Waals surface area contributed by atoms with Gasteiger partial charge in [0, 0.05) is 7.05 Å². The molecule has 0 radical (unpaired) electrons. The normalized spacial score (nSPS) is 32.0. The Kier molecular flexibility index (Phi) is 4.24.